The van der Waals surface area contributed by atoms with Crippen LogP contribution in [0.15, 0.2) is 29.4 Å². The van der Waals surface area contributed by atoms with Gasteiger partial charge in [-0.3, -0.25) is 9.36 Å². The molecular weight excluding hydrogens is 357 g/mol. The molecule has 0 aliphatic carbocycles. The van der Waals surface area contributed by atoms with E-state index in [0.29, 0.717) is 24.9 Å². The van der Waals surface area contributed by atoms with Gasteiger partial charge in [-0.05, 0) is 26.0 Å². The van der Waals surface area contributed by atoms with Crippen molar-refractivity contribution < 1.29 is 13.9 Å². The number of benzene rings is 1. The van der Waals surface area contributed by atoms with E-state index in [0.717, 1.165) is 19.0 Å². The zero-order chi connectivity index (χ0) is 18.5. The number of carbonyl (C=O) groups is 1. The van der Waals surface area contributed by atoms with Crippen LogP contribution in [0.4, 0.5) is 16.0 Å². The highest BCUT2D eigenvalue weighted by atomic mass is 32.2. The van der Waals surface area contributed by atoms with E-state index in [1.54, 1.807) is 19.1 Å². The van der Waals surface area contributed by atoms with E-state index >= 15 is 0 Å². The lowest BCUT2D eigenvalue weighted by Gasteiger charge is -2.27. The first kappa shape index (κ1) is 18.7. The van der Waals surface area contributed by atoms with Crippen molar-refractivity contribution in [2.45, 2.75) is 30.8 Å². The third-order valence-electron chi connectivity index (χ3n) is 4.09. The second-order valence-corrected chi connectivity index (χ2v) is 7.16. The van der Waals surface area contributed by atoms with Crippen molar-refractivity contribution in [2.75, 3.05) is 36.5 Å². The molecule has 1 saturated heterocycles. The molecule has 2 heterocycles. The number of hydrogen-bond donors (Lipinski definition) is 1. The largest absolute Gasteiger partial charge is 0.378 e. The molecule has 1 aliphatic heterocycles. The predicted octanol–water partition coefficient (Wildman–Crippen LogP) is 2.39. The number of para-hydroxylation sites is 1. The van der Waals surface area contributed by atoms with E-state index in [-0.39, 0.29) is 11.6 Å². The second kappa shape index (κ2) is 8.50. The fourth-order valence-electron chi connectivity index (χ4n) is 2.65. The molecule has 1 N–H and O–H groups in total. The van der Waals surface area contributed by atoms with E-state index in [4.69, 9.17) is 4.74 Å². The lowest BCUT2D eigenvalue weighted by atomic mass is 10.3. The molecule has 1 fully saturated rings. The highest BCUT2D eigenvalue weighted by Gasteiger charge is 2.23. The van der Waals surface area contributed by atoms with Crippen molar-refractivity contribution in [2.24, 2.45) is 0 Å². The average Bonchev–Trinajstić information content (AvgIpc) is 3.06. The number of hydrogen-bond acceptors (Lipinski definition) is 6. The first-order chi connectivity index (χ1) is 12.6. The fourth-order valence-corrected chi connectivity index (χ4v) is 3.56. The molecule has 1 aliphatic rings. The van der Waals surface area contributed by atoms with Crippen LogP contribution in [0.3, 0.4) is 0 Å². The average molecular weight is 379 g/mol. The van der Waals surface area contributed by atoms with E-state index in [2.05, 4.69) is 20.4 Å². The minimum absolute atomic E-state index is 0.177. The molecule has 3 rings (SSSR count). The number of aromatic nitrogens is 3. The van der Waals surface area contributed by atoms with Crippen molar-refractivity contribution in [1.82, 2.24) is 14.8 Å². The quantitative estimate of drug-likeness (QED) is 0.777. The van der Waals surface area contributed by atoms with Crippen molar-refractivity contribution >= 4 is 29.3 Å². The highest BCUT2D eigenvalue weighted by Crippen LogP contribution is 2.27. The Labute approximate surface area is 155 Å². The van der Waals surface area contributed by atoms with Gasteiger partial charge in [0, 0.05) is 19.6 Å². The summed E-state index contributed by atoms with van der Waals surface area (Å²) >= 11 is 1.31. The molecule has 0 radical (unpaired) electrons. The molecule has 0 unspecified atom stereocenters. The van der Waals surface area contributed by atoms with Crippen molar-refractivity contribution in [1.29, 1.82) is 0 Å². The summed E-state index contributed by atoms with van der Waals surface area (Å²) in [5.74, 6) is 0.0584. The topological polar surface area (TPSA) is 72.3 Å². The Balaban J connectivity index is 1.68. The number of carbonyl (C=O) groups excluding carboxylic acids is 1. The summed E-state index contributed by atoms with van der Waals surface area (Å²) < 4.78 is 21.1. The van der Waals surface area contributed by atoms with E-state index in [1.165, 1.54) is 23.9 Å². The molecule has 7 nitrogen and oxygen atoms in total. The van der Waals surface area contributed by atoms with E-state index < -0.39 is 11.1 Å². The molecule has 1 amide bonds. The number of halogens is 1. The number of amides is 1. The molecule has 0 spiro atoms. The predicted molar refractivity (Wildman–Crippen MR) is 99.1 cm³/mol. The van der Waals surface area contributed by atoms with E-state index in [9.17, 15) is 9.18 Å². The maximum Gasteiger partial charge on any atom is 0.237 e. The molecule has 26 heavy (non-hydrogen) atoms. The van der Waals surface area contributed by atoms with Crippen LogP contribution < -0.4 is 10.2 Å². The summed E-state index contributed by atoms with van der Waals surface area (Å²) in [5.41, 5.74) is 0.177. The fraction of sp³-hybridized carbons (Fsp3) is 0.471. The van der Waals surface area contributed by atoms with Crippen molar-refractivity contribution in [3.05, 3.63) is 30.1 Å². The van der Waals surface area contributed by atoms with Crippen LogP contribution in [0.1, 0.15) is 13.8 Å². The zero-order valence-corrected chi connectivity index (χ0v) is 15.6. The van der Waals surface area contributed by atoms with Gasteiger partial charge >= 0.3 is 0 Å². The van der Waals surface area contributed by atoms with Crippen LogP contribution in [0.25, 0.3) is 0 Å². The Morgan fingerprint density at radius 3 is 2.77 bits per heavy atom. The lowest BCUT2D eigenvalue weighted by molar-refractivity contribution is -0.115. The smallest absolute Gasteiger partial charge is 0.237 e. The van der Waals surface area contributed by atoms with Crippen LogP contribution in [-0.2, 0) is 16.1 Å². The Kier molecular flexibility index (Phi) is 6.10. The third kappa shape index (κ3) is 4.16. The van der Waals surface area contributed by atoms with Gasteiger partial charge < -0.3 is 15.0 Å². The number of rotatable bonds is 6. The number of thioether (sulfide) groups is 1. The Hall–Kier alpha value is -2.13. The molecule has 1 atom stereocenters. The summed E-state index contributed by atoms with van der Waals surface area (Å²) in [7, 11) is 0. The van der Waals surface area contributed by atoms with E-state index in [1.807, 2.05) is 11.5 Å². The number of morpholine rings is 1. The Bertz CT molecular complexity index is 763. The standard InChI is InChI=1S/C17H22FN5O2S/c1-3-23-16(22-8-10-25-11-9-22)20-21-17(23)26-12(2)15(24)19-14-7-5-4-6-13(14)18/h4-7,12H,3,8-11H2,1-2H3,(H,19,24)/t12-/m0/s1. The Morgan fingerprint density at radius 1 is 1.35 bits per heavy atom. The summed E-state index contributed by atoms with van der Waals surface area (Å²) in [5, 5.41) is 11.4. The SMILES string of the molecule is CCn1c(S[C@@H](C)C(=O)Nc2ccccc2F)nnc1N1CCOCC1. The molecule has 0 saturated carbocycles. The third-order valence-corrected chi connectivity index (χ3v) is 5.17. The van der Waals surface area contributed by atoms with Gasteiger partial charge in [0.25, 0.3) is 0 Å². The van der Waals surface area contributed by atoms with Crippen LogP contribution in [0.2, 0.25) is 0 Å². The van der Waals surface area contributed by atoms with Crippen molar-refractivity contribution in [3.63, 3.8) is 0 Å². The molecule has 2 aromatic rings. The minimum atomic E-state index is -0.454. The number of ether oxygens (including phenoxy) is 1. The monoisotopic (exact) mass is 379 g/mol. The van der Waals surface area contributed by atoms with Gasteiger partial charge in [0.05, 0.1) is 24.2 Å². The first-order valence-electron chi connectivity index (χ1n) is 8.58. The van der Waals surface area contributed by atoms with Crippen LogP contribution in [-0.4, -0.2) is 52.2 Å². The van der Waals surface area contributed by atoms with Gasteiger partial charge in [-0.2, -0.15) is 0 Å². The summed E-state index contributed by atoms with van der Waals surface area (Å²) in [4.78, 5) is 14.5. The molecule has 9 heteroatoms. The number of nitrogens with zero attached hydrogens (tertiary/aromatic N) is 4. The van der Waals surface area contributed by atoms with Crippen LogP contribution in [0, 0.1) is 5.82 Å². The van der Waals surface area contributed by atoms with Gasteiger partial charge in [0.15, 0.2) is 5.16 Å². The van der Waals surface area contributed by atoms with Crippen LogP contribution >= 0.6 is 11.8 Å². The van der Waals surface area contributed by atoms with Gasteiger partial charge in [-0.15, -0.1) is 10.2 Å². The van der Waals surface area contributed by atoms with Gasteiger partial charge in [-0.25, -0.2) is 4.39 Å². The number of anilines is 2. The zero-order valence-electron chi connectivity index (χ0n) is 14.8. The maximum absolute atomic E-state index is 13.7. The first-order valence-corrected chi connectivity index (χ1v) is 9.46. The molecule has 140 valence electrons. The normalized spacial score (nSPS) is 15.7. The molecule has 1 aromatic carbocycles. The molecular formula is C17H22FN5O2S. The molecule has 1 aromatic heterocycles. The lowest BCUT2D eigenvalue weighted by Crippen LogP contribution is -2.38. The van der Waals surface area contributed by atoms with Gasteiger partial charge in [0.1, 0.15) is 5.82 Å². The van der Waals surface area contributed by atoms with Gasteiger partial charge in [-0.1, -0.05) is 23.9 Å². The Morgan fingerprint density at radius 2 is 2.08 bits per heavy atom. The molecule has 0 bridgehead atoms. The van der Waals surface area contributed by atoms with Crippen LogP contribution in [0.5, 0.6) is 0 Å². The highest BCUT2D eigenvalue weighted by molar-refractivity contribution is 8.00. The van der Waals surface area contributed by atoms with Gasteiger partial charge in [0.2, 0.25) is 11.9 Å². The second-order valence-electron chi connectivity index (χ2n) is 5.86. The van der Waals surface area contributed by atoms with Crippen molar-refractivity contribution in [3.8, 4) is 0 Å². The summed E-state index contributed by atoms with van der Waals surface area (Å²) in [6.07, 6.45) is 0. The number of nitrogens with one attached hydrogen (secondary N) is 1. The summed E-state index contributed by atoms with van der Waals surface area (Å²) in [6, 6.07) is 6.12. The maximum atomic E-state index is 13.7. The minimum Gasteiger partial charge on any atom is -0.378 e. The summed E-state index contributed by atoms with van der Waals surface area (Å²) in [6.45, 7) is 7.36.